The van der Waals surface area contributed by atoms with Gasteiger partial charge in [-0.05, 0) is 49.2 Å². The number of aromatic nitrogens is 2. The summed E-state index contributed by atoms with van der Waals surface area (Å²) in [5.41, 5.74) is 0.787. The lowest BCUT2D eigenvalue weighted by Gasteiger charge is -2.30. The largest absolute Gasteiger partial charge is 0.324 e. The first kappa shape index (κ1) is 21.2. The Balaban J connectivity index is 1.31. The summed E-state index contributed by atoms with van der Waals surface area (Å²) in [5.74, 6) is -0.884. The molecular weight excluding hydrogens is 441 g/mol. The van der Waals surface area contributed by atoms with Crippen LogP contribution < -0.4 is 10.6 Å². The average Bonchev–Trinajstić information content (AvgIpc) is 3.27. The number of urea groups is 1. The zero-order valence-electron chi connectivity index (χ0n) is 16.3. The topological polar surface area (TPSA) is 87.2 Å². The Kier molecular flexibility index (Phi) is 6.43. The molecule has 1 aliphatic rings. The highest BCUT2D eigenvalue weighted by molar-refractivity contribution is 7.13. The molecular formula is C21H19ClFN5O2S. The molecule has 0 saturated carbocycles. The first-order valence-corrected chi connectivity index (χ1v) is 10.9. The number of rotatable bonds is 4. The maximum absolute atomic E-state index is 13.7. The van der Waals surface area contributed by atoms with Crippen LogP contribution >= 0.6 is 22.9 Å². The van der Waals surface area contributed by atoms with E-state index in [1.165, 1.54) is 23.5 Å². The number of nitrogens with zero attached hydrogens (tertiary/aromatic N) is 3. The highest BCUT2D eigenvalue weighted by Gasteiger charge is 2.27. The van der Waals surface area contributed by atoms with E-state index in [1.54, 1.807) is 41.3 Å². The van der Waals surface area contributed by atoms with Gasteiger partial charge < -0.3 is 15.5 Å². The van der Waals surface area contributed by atoms with Crippen molar-refractivity contribution in [2.24, 2.45) is 0 Å². The van der Waals surface area contributed by atoms with Crippen LogP contribution in [0.4, 0.5) is 20.6 Å². The number of nitrogens with one attached hydrogen (secondary N) is 2. The van der Waals surface area contributed by atoms with Crippen molar-refractivity contribution in [3.05, 3.63) is 69.4 Å². The summed E-state index contributed by atoms with van der Waals surface area (Å²) in [6.45, 7) is 1.14. The van der Waals surface area contributed by atoms with E-state index in [2.05, 4.69) is 20.8 Å². The number of benzene rings is 2. The second-order valence-electron chi connectivity index (χ2n) is 7.08. The van der Waals surface area contributed by atoms with Crippen LogP contribution in [-0.2, 0) is 0 Å². The van der Waals surface area contributed by atoms with Gasteiger partial charge in [-0.25, -0.2) is 9.18 Å². The average molecular weight is 460 g/mol. The monoisotopic (exact) mass is 459 g/mol. The molecule has 10 heteroatoms. The zero-order chi connectivity index (χ0) is 21.8. The quantitative estimate of drug-likeness (QED) is 0.575. The first-order valence-electron chi connectivity index (χ1n) is 9.70. The maximum atomic E-state index is 13.7. The van der Waals surface area contributed by atoms with E-state index in [-0.39, 0.29) is 22.6 Å². The van der Waals surface area contributed by atoms with Crippen LogP contribution in [0.25, 0.3) is 0 Å². The number of likely N-dealkylation sites (tertiary alicyclic amines) is 1. The van der Waals surface area contributed by atoms with Crippen LogP contribution in [0.2, 0.25) is 5.02 Å². The fourth-order valence-electron chi connectivity index (χ4n) is 3.29. The molecule has 4 rings (SSSR count). The molecule has 1 saturated heterocycles. The lowest BCUT2D eigenvalue weighted by atomic mass is 9.98. The van der Waals surface area contributed by atoms with E-state index in [4.69, 9.17) is 11.6 Å². The predicted molar refractivity (Wildman–Crippen MR) is 118 cm³/mol. The Bertz CT molecular complexity index is 1080. The van der Waals surface area contributed by atoms with E-state index in [0.29, 0.717) is 23.8 Å². The van der Waals surface area contributed by atoms with Gasteiger partial charge in [-0.15, -0.1) is 10.2 Å². The Morgan fingerprint density at radius 2 is 1.74 bits per heavy atom. The molecule has 3 amide bonds. The maximum Gasteiger partial charge on any atom is 0.321 e. The van der Waals surface area contributed by atoms with Crippen LogP contribution in [0.1, 0.15) is 33.6 Å². The Hall–Kier alpha value is -3.04. The van der Waals surface area contributed by atoms with Crippen molar-refractivity contribution >= 4 is 46.3 Å². The van der Waals surface area contributed by atoms with Crippen molar-refractivity contribution in [2.75, 3.05) is 23.7 Å². The van der Waals surface area contributed by atoms with Gasteiger partial charge in [-0.2, -0.15) is 0 Å². The molecule has 2 N–H and O–H groups in total. The molecule has 2 heterocycles. The van der Waals surface area contributed by atoms with Crippen molar-refractivity contribution < 1.29 is 14.0 Å². The summed E-state index contributed by atoms with van der Waals surface area (Å²) >= 11 is 7.06. The minimum atomic E-state index is -0.509. The van der Waals surface area contributed by atoms with Crippen LogP contribution in [0.5, 0.6) is 0 Å². The molecule has 160 valence electrons. The van der Waals surface area contributed by atoms with Crippen molar-refractivity contribution in [3.8, 4) is 0 Å². The number of para-hydroxylation sites is 1. The number of amides is 3. The number of halogens is 2. The predicted octanol–water partition coefficient (Wildman–Crippen LogP) is 4.99. The summed E-state index contributed by atoms with van der Waals surface area (Å²) < 4.78 is 13.7. The van der Waals surface area contributed by atoms with Gasteiger partial charge in [-0.1, -0.05) is 35.1 Å². The Morgan fingerprint density at radius 3 is 2.45 bits per heavy atom. The van der Waals surface area contributed by atoms with Gasteiger partial charge in [0.2, 0.25) is 5.01 Å². The third-order valence-electron chi connectivity index (χ3n) is 4.98. The molecule has 31 heavy (non-hydrogen) atoms. The van der Waals surface area contributed by atoms with E-state index in [0.717, 1.165) is 17.8 Å². The molecule has 1 aliphatic heterocycles. The smallest absolute Gasteiger partial charge is 0.321 e. The third-order valence-corrected chi connectivity index (χ3v) is 6.32. The van der Waals surface area contributed by atoms with Gasteiger partial charge in [0.05, 0.1) is 5.69 Å². The summed E-state index contributed by atoms with van der Waals surface area (Å²) in [7, 11) is 0. The lowest BCUT2D eigenvalue weighted by molar-refractivity contribution is 0.102. The minimum absolute atomic E-state index is 0.101. The number of piperidine rings is 1. The lowest BCUT2D eigenvalue weighted by Crippen LogP contribution is -2.40. The van der Waals surface area contributed by atoms with Crippen LogP contribution in [0, 0.1) is 5.82 Å². The van der Waals surface area contributed by atoms with Gasteiger partial charge in [0.25, 0.3) is 5.91 Å². The highest BCUT2D eigenvalue weighted by atomic mass is 35.5. The fourth-order valence-corrected chi connectivity index (χ4v) is 4.33. The third kappa shape index (κ3) is 5.18. The van der Waals surface area contributed by atoms with E-state index >= 15 is 0 Å². The van der Waals surface area contributed by atoms with Crippen LogP contribution in [0.3, 0.4) is 0 Å². The summed E-state index contributed by atoms with van der Waals surface area (Å²) in [4.78, 5) is 26.6. The first-order chi connectivity index (χ1) is 15.0. The van der Waals surface area contributed by atoms with Gasteiger partial charge in [-0.3, -0.25) is 4.79 Å². The molecule has 0 bridgehead atoms. The summed E-state index contributed by atoms with van der Waals surface area (Å²) in [5, 5.41) is 15.0. The van der Waals surface area contributed by atoms with Gasteiger partial charge in [0, 0.05) is 29.7 Å². The van der Waals surface area contributed by atoms with E-state index in [9.17, 15) is 14.0 Å². The van der Waals surface area contributed by atoms with E-state index < -0.39 is 11.7 Å². The van der Waals surface area contributed by atoms with Crippen molar-refractivity contribution in [1.82, 2.24) is 15.1 Å². The second-order valence-corrected chi connectivity index (χ2v) is 8.52. The fraction of sp³-hybridized carbons (Fsp3) is 0.238. The molecule has 7 nitrogen and oxygen atoms in total. The molecule has 0 radical (unpaired) electrons. The second kappa shape index (κ2) is 9.40. The van der Waals surface area contributed by atoms with Crippen LogP contribution in [0.15, 0.2) is 48.5 Å². The molecule has 1 fully saturated rings. The SMILES string of the molecule is O=C(Nc1ccccc1F)c1nnc(C2CCN(C(=O)Nc3ccc(Cl)cc3)CC2)s1. The Morgan fingerprint density at radius 1 is 1.03 bits per heavy atom. The van der Waals surface area contributed by atoms with Gasteiger partial charge >= 0.3 is 6.03 Å². The number of carbonyl (C=O) groups excluding carboxylic acids is 2. The molecule has 2 aromatic carbocycles. The minimum Gasteiger partial charge on any atom is -0.324 e. The molecule has 0 aliphatic carbocycles. The number of carbonyl (C=O) groups is 2. The number of hydrogen-bond acceptors (Lipinski definition) is 5. The molecule has 0 spiro atoms. The molecule has 0 atom stereocenters. The summed E-state index contributed by atoms with van der Waals surface area (Å²) in [6, 6.07) is 12.7. The van der Waals surface area contributed by atoms with Crippen molar-refractivity contribution in [3.63, 3.8) is 0 Å². The van der Waals surface area contributed by atoms with E-state index in [1.807, 2.05) is 0 Å². The summed E-state index contributed by atoms with van der Waals surface area (Å²) in [6.07, 6.45) is 1.44. The standard InChI is InChI=1S/C21H19ClFN5O2S/c22-14-5-7-15(8-6-14)24-21(30)28-11-9-13(10-12-28)19-26-27-20(31-19)18(29)25-17-4-2-1-3-16(17)23/h1-8,13H,9-12H2,(H,24,30)(H,25,29). The zero-order valence-corrected chi connectivity index (χ0v) is 17.9. The van der Waals surface area contributed by atoms with Crippen molar-refractivity contribution in [1.29, 1.82) is 0 Å². The number of hydrogen-bond donors (Lipinski definition) is 2. The van der Waals surface area contributed by atoms with Gasteiger partial charge in [0.15, 0.2) is 0 Å². The van der Waals surface area contributed by atoms with Crippen molar-refractivity contribution in [2.45, 2.75) is 18.8 Å². The molecule has 1 aromatic heterocycles. The van der Waals surface area contributed by atoms with Gasteiger partial charge in [0.1, 0.15) is 10.8 Å². The Labute approximate surface area is 187 Å². The highest BCUT2D eigenvalue weighted by Crippen LogP contribution is 2.30. The normalized spacial score (nSPS) is 14.3. The molecule has 3 aromatic rings. The number of anilines is 2. The molecule has 0 unspecified atom stereocenters. The van der Waals surface area contributed by atoms with Crippen LogP contribution in [-0.4, -0.2) is 40.1 Å².